The second-order valence-electron chi connectivity index (χ2n) is 7.09. The summed E-state index contributed by atoms with van der Waals surface area (Å²) in [6, 6.07) is 15.4. The molecule has 2 heterocycles. The van der Waals surface area contributed by atoms with Gasteiger partial charge in [-0.3, -0.25) is 10.1 Å². The van der Waals surface area contributed by atoms with E-state index in [-0.39, 0.29) is 10.6 Å². The second-order valence-corrected chi connectivity index (χ2v) is 8.01. The van der Waals surface area contributed by atoms with E-state index in [0.29, 0.717) is 0 Å². The van der Waals surface area contributed by atoms with Crippen LogP contribution in [0, 0.1) is 10.1 Å². The summed E-state index contributed by atoms with van der Waals surface area (Å²) >= 11 is 3.56. The van der Waals surface area contributed by atoms with E-state index in [1.807, 2.05) is 12.1 Å². The minimum absolute atomic E-state index is 0.123. The lowest BCUT2D eigenvalue weighted by Gasteiger charge is -2.27. The first-order valence-corrected chi connectivity index (χ1v) is 10.2. The van der Waals surface area contributed by atoms with E-state index in [4.69, 9.17) is 0 Å². The van der Waals surface area contributed by atoms with Crippen LogP contribution in [0.4, 0.5) is 5.69 Å². The van der Waals surface area contributed by atoms with Gasteiger partial charge in [-0.25, -0.2) is 0 Å². The lowest BCUT2D eigenvalue weighted by molar-refractivity contribution is -0.384. The number of nitro benzene ring substituents is 1. The molecule has 0 saturated carbocycles. The number of nitro groups is 1. The Morgan fingerprint density at radius 3 is 2.41 bits per heavy atom. The molecule has 1 aliphatic rings. The Balaban J connectivity index is 1.70. The Morgan fingerprint density at radius 1 is 0.963 bits per heavy atom. The molecular formula is C21H22BrN3O2. The predicted octanol–water partition coefficient (Wildman–Crippen LogP) is 5.46. The third-order valence-electron chi connectivity index (χ3n) is 5.33. The van der Waals surface area contributed by atoms with Crippen molar-refractivity contribution in [3.8, 4) is 11.3 Å². The topological polar surface area (TPSA) is 51.3 Å². The molecular weight excluding hydrogens is 406 g/mol. The molecule has 5 nitrogen and oxygen atoms in total. The Hall–Kier alpha value is -2.18. The highest BCUT2D eigenvalue weighted by molar-refractivity contribution is 9.10. The van der Waals surface area contributed by atoms with E-state index in [2.05, 4.69) is 49.7 Å². The Labute approximate surface area is 166 Å². The van der Waals surface area contributed by atoms with E-state index in [0.717, 1.165) is 28.8 Å². The summed E-state index contributed by atoms with van der Waals surface area (Å²) in [5.74, 6) is 0. The molecule has 0 amide bonds. The van der Waals surface area contributed by atoms with Crippen molar-refractivity contribution in [1.82, 2.24) is 9.47 Å². The summed E-state index contributed by atoms with van der Waals surface area (Å²) in [7, 11) is 0. The maximum Gasteiger partial charge on any atom is 0.269 e. The molecule has 4 rings (SSSR count). The molecule has 1 saturated heterocycles. The van der Waals surface area contributed by atoms with E-state index < -0.39 is 0 Å². The van der Waals surface area contributed by atoms with Gasteiger partial charge in [0.25, 0.3) is 5.69 Å². The Morgan fingerprint density at radius 2 is 1.70 bits per heavy atom. The van der Waals surface area contributed by atoms with Gasteiger partial charge >= 0.3 is 0 Å². The van der Waals surface area contributed by atoms with Gasteiger partial charge < -0.3 is 9.47 Å². The number of halogens is 1. The van der Waals surface area contributed by atoms with E-state index >= 15 is 0 Å². The highest BCUT2D eigenvalue weighted by Gasteiger charge is 2.15. The van der Waals surface area contributed by atoms with Crippen molar-refractivity contribution in [3.05, 3.63) is 63.1 Å². The van der Waals surface area contributed by atoms with Crippen molar-refractivity contribution < 1.29 is 4.92 Å². The summed E-state index contributed by atoms with van der Waals surface area (Å²) in [6.07, 6.45) is 3.91. The molecule has 140 valence electrons. The average Bonchev–Trinajstić information content (AvgIpc) is 3.04. The van der Waals surface area contributed by atoms with E-state index in [1.54, 1.807) is 12.1 Å². The van der Waals surface area contributed by atoms with Gasteiger partial charge in [-0.15, -0.1) is 0 Å². The fourth-order valence-corrected chi connectivity index (χ4v) is 4.28. The standard InChI is InChI=1S/C21H22BrN3O2/c22-18-6-9-20-17(14-18)15-21(16-4-7-19(8-5-16)25(26)27)24(20)13-12-23-10-2-1-3-11-23/h4-9,14-15H,1-3,10-13H2. The largest absolute Gasteiger partial charge is 0.339 e. The first kappa shape index (κ1) is 18.2. The molecule has 0 spiro atoms. The quantitative estimate of drug-likeness (QED) is 0.400. The van der Waals surface area contributed by atoms with Gasteiger partial charge in [0.15, 0.2) is 0 Å². The molecule has 0 bridgehead atoms. The molecule has 27 heavy (non-hydrogen) atoms. The zero-order valence-corrected chi connectivity index (χ0v) is 16.7. The Kier molecular flexibility index (Phi) is 5.27. The predicted molar refractivity (Wildman–Crippen MR) is 112 cm³/mol. The lowest BCUT2D eigenvalue weighted by Crippen LogP contribution is -2.32. The number of benzene rings is 2. The summed E-state index contributed by atoms with van der Waals surface area (Å²) in [5, 5.41) is 12.1. The minimum atomic E-state index is -0.354. The van der Waals surface area contributed by atoms with Crippen LogP contribution in [0.3, 0.4) is 0 Å². The van der Waals surface area contributed by atoms with Crippen LogP contribution >= 0.6 is 15.9 Å². The van der Waals surface area contributed by atoms with Crippen LogP contribution in [0.5, 0.6) is 0 Å². The number of hydrogen-bond donors (Lipinski definition) is 0. The number of hydrogen-bond acceptors (Lipinski definition) is 3. The number of fused-ring (bicyclic) bond motifs is 1. The fourth-order valence-electron chi connectivity index (χ4n) is 3.90. The fraction of sp³-hybridized carbons (Fsp3) is 0.333. The number of nitrogens with zero attached hydrogens (tertiary/aromatic N) is 3. The molecule has 0 atom stereocenters. The Bertz CT molecular complexity index is 959. The molecule has 0 unspecified atom stereocenters. The molecule has 6 heteroatoms. The molecule has 1 fully saturated rings. The summed E-state index contributed by atoms with van der Waals surface area (Å²) in [6.45, 7) is 4.30. The van der Waals surface area contributed by atoms with Crippen LogP contribution in [0.1, 0.15) is 19.3 Å². The van der Waals surface area contributed by atoms with Crippen LogP contribution in [-0.2, 0) is 6.54 Å². The van der Waals surface area contributed by atoms with Crippen molar-refractivity contribution in [2.24, 2.45) is 0 Å². The highest BCUT2D eigenvalue weighted by Crippen LogP contribution is 2.31. The second kappa shape index (κ2) is 7.82. The number of likely N-dealkylation sites (tertiary alicyclic amines) is 1. The van der Waals surface area contributed by atoms with Gasteiger partial charge in [0, 0.05) is 46.3 Å². The highest BCUT2D eigenvalue weighted by atomic mass is 79.9. The zero-order chi connectivity index (χ0) is 18.8. The molecule has 3 aromatic rings. The van der Waals surface area contributed by atoms with Crippen LogP contribution in [0.2, 0.25) is 0 Å². The molecule has 0 N–H and O–H groups in total. The van der Waals surface area contributed by atoms with Gasteiger partial charge in [0.1, 0.15) is 0 Å². The number of aromatic nitrogens is 1. The molecule has 1 aromatic heterocycles. The van der Waals surface area contributed by atoms with Gasteiger partial charge in [0.2, 0.25) is 0 Å². The zero-order valence-electron chi connectivity index (χ0n) is 15.1. The van der Waals surface area contributed by atoms with Crippen LogP contribution in [0.15, 0.2) is 53.0 Å². The summed E-state index contributed by atoms with van der Waals surface area (Å²) in [4.78, 5) is 13.1. The first-order chi connectivity index (χ1) is 13.1. The first-order valence-electron chi connectivity index (χ1n) is 9.38. The van der Waals surface area contributed by atoms with Crippen molar-refractivity contribution in [1.29, 1.82) is 0 Å². The molecule has 2 aromatic carbocycles. The third-order valence-corrected chi connectivity index (χ3v) is 5.82. The third kappa shape index (κ3) is 3.92. The van der Waals surface area contributed by atoms with Crippen LogP contribution in [0.25, 0.3) is 22.2 Å². The summed E-state index contributed by atoms with van der Waals surface area (Å²) in [5.41, 5.74) is 3.43. The average molecular weight is 428 g/mol. The van der Waals surface area contributed by atoms with Gasteiger partial charge in [-0.1, -0.05) is 22.4 Å². The van der Waals surface area contributed by atoms with Crippen molar-refractivity contribution >= 4 is 32.5 Å². The van der Waals surface area contributed by atoms with E-state index in [9.17, 15) is 10.1 Å². The monoisotopic (exact) mass is 427 g/mol. The van der Waals surface area contributed by atoms with Gasteiger partial charge in [0.05, 0.1) is 4.92 Å². The van der Waals surface area contributed by atoms with Crippen LogP contribution < -0.4 is 0 Å². The summed E-state index contributed by atoms with van der Waals surface area (Å²) < 4.78 is 3.40. The van der Waals surface area contributed by atoms with Gasteiger partial charge in [-0.05, 0) is 67.9 Å². The number of piperidine rings is 1. The van der Waals surface area contributed by atoms with Gasteiger partial charge in [-0.2, -0.15) is 0 Å². The normalized spacial score (nSPS) is 15.3. The van der Waals surface area contributed by atoms with E-state index in [1.165, 1.54) is 43.3 Å². The van der Waals surface area contributed by atoms with Crippen molar-refractivity contribution in [3.63, 3.8) is 0 Å². The van der Waals surface area contributed by atoms with Crippen molar-refractivity contribution in [2.75, 3.05) is 19.6 Å². The van der Waals surface area contributed by atoms with Crippen LogP contribution in [-0.4, -0.2) is 34.0 Å². The number of non-ortho nitro benzene ring substituents is 1. The number of rotatable bonds is 5. The van der Waals surface area contributed by atoms with Crippen molar-refractivity contribution in [2.45, 2.75) is 25.8 Å². The molecule has 0 aliphatic carbocycles. The molecule has 1 aliphatic heterocycles. The SMILES string of the molecule is O=[N+]([O-])c1ccc(-c2cc3cc(Br)ccc3n2CCN2CCCCC2)cc1. The smallest absolute Gasteiger partial charge is 0.269 e. The maximum absolute atomic E-state index is 11.0. The maximum atomic E-state index is 11.0. The minimum Gasteiger partial charge on any atom is -0.339 e. The lowest BCUT2D eigenvalue weighted by atomic mass is 10.1. The molecule has 0 radical (unpaired) electrons.